The predicted octanol–water partition coefficient (Wildman–Crippen LogP) is 7.09. The Hall–Kier alpha value is -0.640. The lowest BCUT2D eigenvalue weighted by molar-refractivity contribution is 0.0408. The van der Waals surface area contributed by atoms with Crippen LogP contribution in [0.5, 0.6) is 0 Å². The molecule has 0 bridgehead atoms. The average Bonchev–Trinajstić information content (AvgIpc) is 4.07. The molecule has 76 heavy (non-hydrogen) atoms. The fraction of sp³-hybridized carbons (Fsp3) is 1.00. The van der Waals surface area contributed by atoms with Crippen molar-refractivity contribution >= 4 is 0 Å². The van der Waals surface area contributed by atoms with E-state index in [0.29, 0.717) is 36.5 Å². The van der Waals surface area contributed by atoms with Crippen LogP contribution >= 0.6 is 0 Å². The summed E-state index contributed by atoms with van der Waals surface area (Å²) < 4.78 is 41.1. The molecule has 8 fully saturated rings. The van der Waals surface area contributed by atoms with Crippen molar-refractivity contribution in [2.75, 3.05) is 231 Å². The van der Waals surface area contributed by atoms with Gasteiger partial charge in [-0.05, 0) is 184 Å². The molecule has 0 aromatic heterocycles. The summed E-state index contributed by atoms with van der Waals surface area (Å²) in [5.41, 5.74) is 0. The smallest absolute Gasteiger partial charge is 0.0710 e. The van der Waals surface area contributed by atoms with Crippen LogP contribution in [0.15, 0.2) is 0 Å². The van der Waals surface area contributed by atoms with Crippen LogP contribution in [0.4, 0.5) is 0 Å². The Morgan fingerprint density at radius 2 is 0.763 bits per heavy atom. The van der Waals surface area contributed by atoms with Gasteiger partial charge in [-0.1, -0.05) is 19.8 Å². The standard InChI is InChI=1S/C9H18O.C8H18N2O.2C8H17NO.3C7H15NO.C6H13NO/c1-3-8-4-6-9(10-2)7-5-8;1-9-3-5-10(6-4-9)7-8-11-2;1-9-5-3-4-8(6-9)7-10-2;1-9-6-4-3-5-8(9)7-10-2;1-8-5-3-7(9-2)4-6-8;1-8-5-3-4-7(8)6-9-2;1-8-5-3-4-7(6-8)9-2;1-7-4-3-6(5-7)8-2/h8-9H,3-7H2,1-2H3;3-8H2,1-2H3;2*8H,3-7H2,1-2H3;3*7H,3-6H2,1-2H3;6H,3-5H2,1-2H3. The third-order valence-electron chi connectivity index (χ3n) is 16.9. The molecule has 456 valence electrons. The van der Waals surface area contributed by atoms with Crippen LogP contribution in [0, 0.1) is 11.8 Å². The van der Waals surface area contributed by atoms with Crippen LogP contribution in [-0.4, -0.2) is 307 Å². The van der Waals surface area contributed by atoms with Gasteiger partial charge in [0.25, 0.3) is 0 Å². The Balaban J connectivity index is 0.000000435. The van der Waals surface area contributed by atoms with Gasteiger partial charge in [0.2, 0.25) is 0 Å². The quantitative estimate of drug-likeness (QED) is 0.177. The third-order valence-corrected chi connectivity index (χ3v) is 16.9. The maximum Gasteiger partial charge on any atom is 0.0710 e. The van der Waals surface area contributed by atoms with Crippen LogP contribution in [0.1, 0.15) is 116 Å². The van der Waals surface area contributed by atoms with E-state index in [1.165, 1.54) is 188 Å². The second-order valence-electron chi connectivity index (χ2n) is 23.4. The highest BCUT2D eigenvalue weighted by Crippen LogP contribution is 2.27. The first-order valence-electron chi connectivity index (χ1n) is 30.3. The lowest BCUT2D eigenvalue weighted by Gasteiger charge is -2.31. The van der Waals surface area contributed by atoms with Crippen LogP contribution in [-0.2, 0) is 37.9 Å². The lowest BCUT2D eigenvalue weighted by atomic mass is 9.86. The maximum atomic E-state index is 5.28. The van der Waals surface area contributed by atoms with E-state index >= 15 is 0 Å². The highest BCUT2D eigenvalue weighted by Gasteiger charge is 2.22. The van der Waals surface area contributed by atoms with Crippen LogP contribution < -0.4 is 0 Å². The fourth-order valence-corrected chi connectivity index (χ4v) is 11.3. The van der Waals surface area contributed by atoms with E-state index in [2.05, 4.69) is 95.5 Å². The molecule has 0 N–H and O–H groups in total. The molecule has 7 saturated heterocycles. The van der Waals surface area contributed by atoms with Gasteiger partial charge in [0.05, 0.1) is 50.8 Å². The SMILES string of the molecule is CCC1CCC(OC)CC1.COC1CCCN(C)C1.COC1CCN(C)C1.COC1CCN(C)CC1.COCC1CCCCN1C.COCC1CCCN(C)C1.COCC1CCCN1C.COCCN1CCN(C)CC1. The second kappa shape index (κ2) is 47.9. The minimum atomic E-state index is 0.490. The summed E-state index contributed by atoms with van der Waals surface area (Å²) in [6.07, 6.45) is 24.3. The van der Waals surface area contributed by atoms with E-state index in [0.717, 1.165) is 57.9 Å². The first-order valence-corrected chi connectivity index (χ1v) is 30.3. The van der Waals surface area contributed by atoms with E-state index in [9.17, 15) is 0 Å². The Bertz CT molecular complexity index is 1230. The summed E-state index contributed by atoms with van der Waals surface area (Å²) in [5, 5.41) is 0. The molecule has 1 aliphatic carbocycles. The van der Waals surface area contributed by atoms with E-state index in [1.807, 2.05) is 7.11 Å². The summed E-state index contributed by atoms with van der Waals surface area (Å²) in [5.74, 6) is 1.77. The number of hydrogen-bond acceptors (Lipinski definition) is 16. The maximum absolute atomic E-state index is 5.28. The second-order valence-corrected chi connectivity index (χ2v) is 23.4. The average molecular weight is 1090 g/mol. The Morgan fingerprint density at radius 3 is 1.20 bits per heavy atom. The number of likely N-dealkylation sites (N-methyl/N-ethyl adjacent to an activating group) is 5. The molecule has 0 aromatic carbocycles. The number of hydrogen-bond donors (Lipinski definition) is 0. The van der Waals surface area contributed by atoms with Gasteiger partial charge in [0, 0.05) is 141 Å². The van der Waals surface area contributed by atoms with Gasteiger partial charge in [0.15, 0.2) is 0 Å². The molecule has 16 heteroatoms. The van der Waals surface area contributed by atoms with Crippen molar-refractivity contribution < 1.29 is 37.9 Å². The highest BCUT2D eigenvalue weighted by atomic mass is 16.5. The lowest BCUT2D eigenvalue weighted by Crippen LogP contribution is -2.45. The molecular formula is C60H128N8O8. The largest absolute Gasteiger partial charge is 0.384 e. The Kier molecular flexibility index (Phi) is 46.3. The molecule has 8 rings (SSSR count). The van der Waals surface area contributed by atoms with E-state index < -0.39 is 0 Å². The molecular weight excluding hydrogens is 961 g/mol. The number of likely N-dealkylation sites (tertiary alicyclic amines) is 6. The molecule has 5 atom stereocenters. The van der Waals surface area contributed by atoms with Gasteiger partial charge < -0.3 is 72.2 Å². The van der Waals surface area contributed by atoms with Crippen LogP contribution in [0.3, 0.4) is 0 Å². The van der Waals surface area contributed by atoms with E-state index in [1.54, 1.807) is 49.8 Å². The molecule has 7 aliphatic heterocycles. The first-order chi connectivity index (χ1) is 36.7. The first kappa shape index (κ1) is 73.4. The normalized spacial score (nSPS) is 28.7. The number of methoxy groups -OCH3 is 8. The summed E-state index contributed by atoms with van der Waals surface area (Å²) in [4.78, 5) is 18.9. The van der Waals surface area contributed by atoms with Crippen molar-refractivity contribution in [3.8, 4) is 0 Å². The van der Waals surface area contributed by atoms with Crippen molar-refractivity contribution in [2.45, 2.75) is 153 Å². The zero-order valence-electron chi connectivity index (χ0n) is 52.9. The Labute approximate surface area is 470 Å². The van der Waals surface area contributed by atoms with Gasteiger partial charge in [0.1, 0.15) is 0 Å². The van der Waals surface area contributed by atoms with E-state index in [4.69, 9.17) is 37.9 Å². The van der Waals surface area contributed by atoms with Gasteiger partial charge in [-0.2, -0.15) is 0 Å². The molecule has 8 aliphatic rings. The number of ether oxygens (including phenoxy) is 8. The number of piperidine rings is 4. The number of nitrogens with zero attached hydrogens (tertiary/aromatic N) is 8. The van der Waals surface area contributed by atoms with Crippen molar-refractivity contribution in [3.63, 3.8) is 0 Å². The van der Waals surface area contributed by atoms with Crippen molar-refractivity contribution in [2.24, 2.45) is 11.8 Å². The van der Waals surface area contributed by atoms with Crippen molar-refractivity contribution in [3.05, 3.63) is 0 Å². The fourth-order valence-electron chi connectivity index (χ4n) is 11.3. The molecule has 1 saturated carbocycles. The van der Waals surface area contributed by atoms with Crippen LogP contribution in [0.2, 0.25) is 0 Å². The summed E-state index contributed by atoms with van der Waals surface area (Å²) >= 11 is 0. The highest BCUT2D eigenvalue weighted by molar-refractivity contribution is 4.77. The molecule has 0 aromatic rings. The molecule has 0 amide bonds. The van der Waals surface area contributed by atoms with Gasteiger partial charge in [-0.3, -0.25) is 4.90 Å². The minimum Gasteiger partial charge on any atom is -0.384 e. The molecule has 0 spiro atoms. The summed E-state index contributed by atoms with van der Waals surface area (Å²) in [6, 6.07) is 1.37. The Morgan fingerprint density at radius 1 is 0.329 bits per heavy atom. The topological polar surface area (TPSA) is 99.8 Å². The zero-order chi connectivity index (χ0) is 56.4. The molecule has 5 unspecified atom stereocenters. The number of piperazine rings is 1. The molecule has 7 heterocycles. The van der Waals surface area contributed by atoms with Gasteiger partial charge in [-0.25, -0.2) is 0 Å². The molecule has 0 radical (unpaired) electrons. The number of rotatable bonds is 14. The third kappa shape index (κ3) is 36.7. The van der Waals surface area contributed by atoms with Crippen molar-refractivity contribution in [1.82, 2.24) is 39.2 Å². The van der Waals surface area contributed by atoms with Crippen LogP contribution in [0.25, 0.3) is 0 Å². The van der Waals surface area contributed by atoms with E-state index in [-0.39, 0.29) is 0 Å². The molecule has 16 nitrogen and oxygen atoms in total. The monoisotopic (exact) mass is 1090 g/mol. The zero-order valence-corrected chi connectivity index (χ0v) is 52.9. The summed E-state index contributed by atoms with van der Waals surface area (Å²) in [6.45, 7) is 23.8. The van der Waals surface area contributed by atoms with Gasteiger partial charge >= 0.3 is 0 Å². The van der Waals surface area contributed by atoms with Crippen molar-refractivity contribution in [1.29, 1.82) is 0 Å². The van der Waals surface area contributed by atoms with Gasteiger partial charge in [-0.15, -0.1) is 0 Å². The minimum absolute atomic E-state index is 0.490. The predicted molar refractivity (Wildman–Crippen MR) is 319 cm³/mol. The summed E-state index contributed by atoms with van der Waals surface area (Å²) in [7, 11) is 29.4.